The highest BCUT2D eigenvalue weighted by Crippen LogP contribution is 2.26. The van der Waals surface area contributed by atoms with E-state index in [4.69, 9.17) is 0 Å². The van der Waals surface area contributed by atoms with Gasteiger partial charge in [-0.2, -0.15) is 0 Å². The van der Waals surface area contributed by atoms with E-state index in [2.05, 4.69) is 92.9 Å². The van der Waals surface area contributed by atoms with Gasteiger partial charge >= 0.3 is 0 Å². The van der Waals surface area contributed by atoms with Gasteiger partial charge in [0.05, 0.1) is 0 Å². The molecule has 0 bridgehead atoms. The maximum absolute atomic E-state index is 3.72. The van der Waals surface area contributed by atoms with E-state index in [0.717, 1.165) is 12.5 Å². The van der Waals surface area contributed by atoms with Gasteiger partial charge in [-0.3, -0.25) is 0 Å². The van der Waals surface area contributed by atoms with Crippen molar-refractivity contribution < 1.29 is 0 Å². The molecular weight excluding hydrogens is 324 g/mol. The Morgan fingerprint density at radius 3 is 2.29 bits per heavy atom. The molecule has 0 aliphatic carbocycles. The fraction of sp³-hybridized carbons (Fsp3) is 0.667. The minimum Gasteiger partial charge on any atom is -0.372 e. The molecule has 0 aliphatic heterocycles. The molecule has 0 spiro atoms. The highest BCUT2D eigenvalue weighted by atomic mass is 79.9. The fourth-order valence-electron chi connectivity index (χ4n) is 2.35. The third-order valence-corrected chi connectivity index (χ3v) is 4.46. The monoisotopic (exact) mass is 354 g/mol. The lowest BCUT2D eigenvalue weighted by atomic mass is 10.0. The molecule has 1 unspecified atom stereocenters. The molecule has 3 heteroatoms. The Bertz CT molecular complexity index is 449. The summed E-state index contributed by atoms with van der Waals surface area (Å²) in [6.45, 7) is 14.3. The van der Waals surface area contributed by atoms with Gasteiger partial charge in [-0.05, 0) is 57.7 Å². The molecule has 0 fully saturated rings. The van der Waals surface area contributed by atoms with Crippen molar-refractivity contribution in [3.63, 3.8) is 0 Å². The SMILES string of the molecule is CC(C)CC(C)N(C)c1ccc(CNC(C)(C)C)c(Br)c1. The van der Waals surface area contributed by atoms with Crippen molar-refractivity contribution in [2.75, 3.05) is 11.9 Å². The number of anilines is 1. The Morgan fingerprint density at radius 2 is 1.81 bits per heavy atom. The Hall–Kier alpha value is -0.540. The van der Waals surface area contributed by atoms with E-state index in [9.17, 15) is 0 Å². The minimum absolute atomic E-state index is 0.140. The van der Waals surface area contributed by atoms with E-state index in [1.54, 1.807) is 0 Å². The van der Waals surface area contributed by atoms with Crippen LogP contribution in [0.1, 0.15) is 53.5 Å². The standard InChI is InChI=1S/C18H31BrN2/c1-13(2)10-14(3)21(7)16-9-8-15(17(19)11-16)12-20-18(4,5)6/h8-9,11,13-14,20H,10,12H2,1-7H3. The van der Waals surface area contributed by atoms with Crippen LogP contribution in [0.3, 0.4) is 0 Å². The minimum atomic E-state index is 0.140. The fourth-order valence-corrected chi connectivity index (χ4v) is 2.86. The first-order valence-corrected chi connectivity index (χ1v) is 8.65. The third kappa shape index (κ3) is 6.39. The summed E-state index contributed by atoms with van der Waals surface area (Å²) in [5.41, 5.74) is 2.72. The molecule has 0 heterocycles. The Labute approximate surface area is 139 Å². The molecule has 0 aromatic heterocycles. The van der Waals surface area contributed by atoms with Crippen molar-refractivity contribution in [2.45, 2.75) is 66.1 Å². The van der Waals surface area contributed by atoms with E-state index >= 15 is 0 Å². The van der Waals surface area contributed by atoms with Crippen LogP contribution in [0.2, 0.25) is 0 Å². The Kier molecular flexibility index (Phi) is 6.73. The van der Waals surface area contributed by atoms with Gasteiger partial charge in [-0.15, -0.1) is 0 Å². The topological polar surface area (TPSA) is 15.3 Å². The summed E-state index contributed by atoms with van der Waals surface area (Å²) in [5, 5.41) is 3.53. The summed E-state index contributed by atoms with van der Waals surface area (Å²) < 4.78 is 1.18. The van der Waals surface area contributed by atoms with Gasteiger partial charge in [0.25, 0.3) is 0 Å². The van der Waals surface area contributed by atoms with Gasteiger partial charge in [0.1, 0.15) is 0 Å². The second kappa shape index (κ2) is 7.64. The molecule has 0 amide bonds. The van der Waals surface area contributed by atoms with Gasteiger partial charge in [0.15, 0.2) is 0 Å². The zero-order chi connectivity index (χ0) is 16.2. The predicted molar refractivity (Wildman–Crippen MR) is 98.1 cm³/mol. The van der Waals surface area contributed by atoms with Crippen LogP contribution in [-0.4, -0.2) is 18.6 Å². The first kappa shape index (κ1) is 18.5. The van der Waals surface area contributed by atoms with Crippen molar-refractivity contribution in [1.29, 1.82) is 0 Å². The van der Waals surface area contributed by atoms with Crippen LogP contribution in [0, 0.1) is 5.92 Å². The van der Waals surface area contributed by atoms with E-state index in [0.29, 0.717) is 6.04 Å². The molecule has 0 saturated heterocycles. The summed E-state index contributed by atoms with van der Waals surface area (Å²) >= 11 is 3.72. The maximum atomic E-state index is 3.72. The molecule has 21 heavy (non-hydrogen) atoms. The number of rotatable bonds is 6. The molecule has 0 aliphatic rings. The van der Waals surface area contributed by atoms with Crippen molar-refractivity contribution in [2.24, 2.45) is 5.92 Å². The summed E-state index contributed by atoms with van der Waals surface area (Å²) in [7, 11) is 2.18. The molecule has 1 aromatic rings. The average Bonchev–Trinajstić information content (AvgIpc) is 2.34. The van der Waals surface area contributed by atoms with Crippen molar-refractivity contribution in [3.05, 3.63) is 28.2 Å². The Morgan fingerprint density at radius 1 is 1.19 bits per heavy atom. The number of nitrogens with one attached hydrogen (secondary N) is 1. The van der Waals surface area contributed by atoms with Gasteiger partial charge in [0.2, 0.25) is 0 Å². The van der Waals surface area contributed by atoms with Gasteiger partial charge in [-0.25, -0.2) is 0 Å². The van der Waals surface area contributed by atoms with Crippen molar-refractivity contribution in [3.8, 4) is 0 Å². The number of hydrogen-bond acceptors (Lipinski definition) is 2. The number of hydrogen-bond donors (Lipinski definition) is 1. The number of halogens is 1. The highest BCUT2D eigenvalue weighted by molar-refractivity contribution is 9.10. The van der Waals surface area contributed by atoms with Crippen LogP contribution >= 0.6 is 15.9 Å². The van der Waals surface area contributed by atoms with Crippen molar-refractivity contribution >= 4 is 21.6 Å². The van der Waals surface area contributed by atoms with Gasteiger partial charge in [0, 0.05) is 35.3 Å². The first-order chi connectivity index (χ1) is 9.60. The molecular formula is C18H31BrN2. The predicted octanol–water partition coefficient (Wildman–Crippen LogP) is 5.21. The van der Waals surface area contributed by atoms with E-state index < -0.39 is 0 Å². The Balaban J connectivity index is 2.77. The van der Waals surface area contributed by atoms with Crippen LogP contribution in [-0.2, 0) is 6.54 Å². The first-order valence-electron chi connectivity index (χ1n) is 7.86. The average molecular weight is 355 g/mol. The molecule has 1 atom stereocenters. The summed E-state index contributed by atoms with van der Waals surface area (Å²) in [6.07, 6.45) is 1.21. The van der Waals surface area contributed by atoms with Crippen molar-refractivity contribution in [1.82, 2.24) is 5.32 Å². The molecule has 0 radical (unpaired) electrons. The zero-order valence-electron chi connectivity index (χ0n) is 14.6. The summed E-state index contributed by atoms with van der Waals surface area (Å²) in [4.78, 5) is 2.37. The lowest BCUT2D eigenvalue weighted by molar-refractivity contribution is 0.424. The largest absolute Gasteiger partial charge is 0.372 e. The second-order valence-corrected chi connectivity index (χ2v) is 8.32. The van der Waals surface area contributed by atoms with Gasteiger partial charge in [-0.1, -0.05) is 35.8 Å². The van der Waals surface area contributed by atoms with Crippen LogP contribution in [0.5, 0.6) is 0 Å². The maximum Gasteiger partial charge on any atom is 0.0377 e. The lowest BCUT2D eigenvalue weighted by Crippen LogP contribution is -2.35. The van der Waals surface area contributed by atoms with Crippen LogP contribution < -0.4 is 10.2 Å². The lowest BCUT2D eigenvalue weighted by Gasteiger charge is -2.29. The molecule has 1 N–H and O–H groups in total. The zero-order valence-corrected chi connectivity index (χ0v) is 16.2. The van der Waals surface area contributed by atoms with Crippen LogP contribution in [0.15, 0.2) is 22.7 Å². The van der Waals surface area contributed by atoms with Crippen LogP contribution in [0.4, 0.5) is 5.69 Å². The molecule has 1 rings (SSSR count). The second-order valence-electron chi connectivity index (χ2n) is 7.47. The van der Waals surface area contributed by atoms with E-state index in [-0.39, 0.29) is 5.54 Å². The quantitative estimate of drug-likeness (QED) is 0.754. The molecule has 120 valence electrons. The summed E-state index contributed by atoms with van der Waals surface area (Å²) in [6, 6.07) is 7.23. The van der Waals surface area contributed by atoms with Crippen LogP contribution in [0.25, 0.3) is 0 Å². The molecule has 2 nitrogen and oxygen atoms in total. The molecule has 0 saturated carbocycles. The third-order valence-electron chi connectivity index (χ3n) is 3.73. The number of benzene rings is 1. The summed E-state index contributed by atoms with van der Waals surface area (Å²) in [5.74, 6) is 0.723. The van der Waals surface area contributed by atoms with E-state index in [1.165, 1.54) is 22.1 Å². The molecule has 1 aromatic carbocycles. The normalized spacial score (nSPS) is 13.6. The number of nitrogens with zero attached hydrogens (tertiary/aromatic N) is 1. The smallest absolute Gasteiger partial charge is 0.0377 e. The van der Waals surface area contributed by atoms with Gasteiger partial charge < -0.3 is 10.2 Å². The highest BCUT2D eigenvalue weighted by Gasteiger charge is 2.14. The van der Waals surface area contributed by atoms with E-state index in [1.807, 2.05) is 0 Å².